The smallest absolute Gasteiger partial charge is 0.238 e. The molecule has 0 saturated heterocycles. The third-order valence-corrected chi connectivity index (χ3v) is 3.22. The quantitative estimate of drug-likeness (QED) is 0.797. The monoisotopic (exact) mass is 279 g/mol. The Morgan fingerprint density at radius 2 is 1.67 bits per heavy atom. The Hall–Kier alpha value is -2.69. The van der Waals surface area contributed by atoms with Crippen LogP contribution in [-0.2, 0) is 0 Å². The van der Waals surface area contributed by atoms with Crippen LogP contribution in [0.25, 0.3) is 5.95 Å². The molecule has 0 saturated carbocycles. The van der Waals surface area contributed by atoms with E-state index in [9.17, 15) is 0 Å². The Balaban J connectivity index is 1.86. The molecule has 0 fully saturated rings. The minimum Gasteiger partial charge on any atom is -0.348 e. The van der Waals surface area contributed by atoms with Crippen LogP contribution in [0.15, 0.2) is 54.9 Å². The highest BCUT2D eigenvalue weighted by atomic mass is 15.2. The molecule has 106 valence electrons. The van der Waals surface area contributed by atoms with Gasteiger partial charge in [-0.1, -0.05) is 30.3 Å². The summed E-state index contributed by atoms with van der Waals surface area (Å²) in [6, 6.07) is 14.2. The Labute approximate surface area is 123 Å². The van der Waals surface area contributed by atoms with Crippen LogP contribution >= 0.6 is 0 Å². The van der Waals surface area contributed by atoms with Gasteiger partial charge in [-0.15, -0.1) is 0 Å². The first-order valence-corrected chi connectivity index (χ1v) is 6.90. The van der Waals surface area contributed by atoms with E-state index in [4.69, 9.17) is 0 Å². The van der Waals surface area contributed by atoms with Crippen molar-refractivity contribution in [3.63, 3.8) is 0 Å². The number of benzene rings is 1. The zero-order valence-electron chi connectivity index (χ0n) is 12.1. The molecule has 1 unspecified atom stereocenters. The Morgan fingerprint density at radius 3 is 2.38 bits per heavy atom. The fourth-order valence-electron chi connectivity index (χ4n) is 2.13. The standard InChI is InChI=1S/C16H17N5/c1-12(14-8-4-3-5-9-14)17-15-18-13(2)19-16(20-15)21-10-6-7-11-21/h3-12H,1-2H3,(H,17,18,19,20). The molecule has 5 heteroatoms. The second-order valence-corrected chi connectivity index (χ2v) is 4.87. The van der Waals surface area contributed by atoms with E-state index >= 15 is 0 Å². The number of rotatable bonds is 4. The lowest BCUT2D eigenvalue weighted by molar-refractivity contribution is 0.821. The zero-order valence-corrected chi connectivity index (χ0v) is 12.1. The zero-order chi connectivity index (χ0) is 14.7. The highest BCUT2D eigenvalue weighted by Crippen LogP contribution is 2.16. The average molecular weight is 279 g/mol. The summed E-state index contributed by atoms with van der Waals surface area (Å²) < 4.78 is 1.87. The van der Waals surface area contributed by atoms with Crippen LogP contribution in [0.5, 0.6) is 0 Å². The van der Waals surface area contributed by atoms with E-state index in [2.05, 4.69) is 39.3 Å². The van der Waals surface area contributed by atoms with Gasteiger partial charge in [-0.2, -0.15) is 15.0 Å². The Morgan fingerprint density at radius 1 is 0.952 bits per heavy atom. The van der Waals surface area contributed by atoms with Gasteiger partial charge in [0.25, 0.3) is 0 Å². The average Bonchev–Trinajstić information content (AvgIpc) is 3.02. The molecule has 2 heterocycles. The van der Waals surface area contributed by atoms with E-state index in [1.165, 1.54) is 5.56 Å². The van der Waals surface area contributed by atoms with Crippen LogP contribution in [0.3, 0.4) is 0 Å². The number of hydrogen-bond donors (Lipinski definition) is 1. The second kappa shape index (κ2) is 5.75. The maximum absolute atomic E-state index is 4.47. The van der Waals surface area contributed by atoms with Gasteiger partial charge in [-0.05, 0) is 31.5 Å². The molecule has 1 aromatic carbocycles. The van der Waals surface area contributed by atoms with Crippen LogP contribution in [0.4, 0.5) is 5.95 Å². The van der Waals surface area contributed by atoms with Crippen molar-refractivity contribution >= 4 is 5.95 Å². The van der Waals surface area contributed by atoms with Gasteiger partial charge in [0.2, 0.25) is 11.9 Å². The van der Waals surface area contributed by atoms with Crippen molar-refractivity contribution in [1.29, 1.82) is 0 Å². The molecule has 2 aromatic heterocycles. The van der Waals surface area contributed by atoms with Crippen LogP contribution in [0.2, 0.25) is 0 Å². The number of nitrogens with zero attached hydrogens (tertiary/aromatic N) is 4. The maximum atomic E-state index is 4.47. The Bertz CT molecular complexity index is 707. The molecule has 5 nitrogen and oxygen atoms in total. The molecule has 1 atom stereocenters. The summed E-state index contributed by atoms with van der Waals surface area (Å²) in [4.78, 5) is 13.2. The van der Waals surface area contributed by atoms with Gasteiger partial charge in [0.05, 0.1) is 6.04 Å². The van der Waals surface area contributed by atoms with Crippen LogP contribution in [0, 0.1) is 6.92 Å². The molecule has 21 heavy (non-hydrogen) atoms. The summed E-state index contributed by atoms with van der Waals surface area (Å²) in [5.74, 6) is 1.90. The van der Waals surface area contributed by atoms with Gasteiger partial charge in [-0.3, -0.25) is 4.57 Å². The first-order valence-electron chi connectivity index (χ1n) is 6.90. The molecular formula is C16H17N5. The molecular weight excluding hydrogens is 262 g/mol. The molecule has 3 aromatic rings. The normalized spacial score (nSPS) is 12.1. The van der Waals surface area contributed by atoms with Crippen molar-refractivity contribution in [1.82, 2.24) is 19.5 Å². The van der Waals surface area contributed by atoms with Crippen molar-refractivity contribution in [2.75, 3.05) is 5.32 Å². The number of anilines is 1. The molecule has 0 spiro atoms. The highest BCUT2D eigenvalue weighted by molar-refractivity contribution is 5.33. The van der Waals surface area contributed by atoms with Gasteiger partial charge in [-0.25, -0.2) is 0 Å². The first kappa shape index (κ1) is 13.3. The largest absolute Gasteiger partial charge is 0.348 e. The van der Waals surface area contributed by atoms with Gasteiger partial charge in [0, 0.05) is 12.4 Å². The van der Waals surface area contributed by atoms with E-state index in [0.717, 1.165) is 0 Å². The fourth-order valence-corrected chi connectivity index (χ4v) is 2.13. The van der Waals surface area contributed by atoms with Gasteiger partial charge in [0.15, 0.2) is 0 Å². The van der Waals surface area contributed by atoms with Crippen molar-refractivity contribution in [2.24, 2.45) is 0 Å². The molecule has 0 aliphatic carbocycles. The summed E-state index contributed by atoms with van der Waals surface area (Å²) >= 11 is 0. The lowest BCUT2D eigenvalue weighted by Crippen LogP contribution is -2.12. The summed E-state index contributed by atoms with van der Waals surface area (Å²) in [5, 5.41) is 3.33. The minimum atomic E-state index is 0.130. The third-order valence-electron chi connectivity index (χ3n) is 3.22. The predicted octanol–water partition coefficient (Wildman–Crippen LogP) is 3.14. The summed E-state index contributed by atoms with van der Waals surface area (Å²) in [5.41, 5.74) is 1.19. The summed E-state index contributed by atoms with van der Waals surface area (Å²) in [6.07, 6.45) is 3.83. The molecule has 0 bridgehead atoms. The number of aromatic nitrogens is 4. The summed E-state index contributed by atoms with van der Waals surface area (Å²) in [6.45, 7) is 3.96. The molecule has 0 aliphatic heterocycles. The van der Waals surface area contributed by atoms with Crippen molar-refractivity contribution in [3.8, 4) is 5.95 Å². The van der Waals surface area contributed by atoms with Crippen molar-refractivity contribution in [2.45, 2.75) is 19.9 Å². The summed E-state index contributed by atoms with van der Waals surface area (Å²) in [7, 11) is 0. The second-order valence-electron chi connectivity index (χ2n) is 4.87. The molecule has 0 amide bonds. The molecule has 0 radical (unpaired) electrons. The Kier molecular flexibility index (Phi) is 3.64. The van der Waals surface area contributed by atoms with E-state index in [1.807, 2.05) is 54.2 Å². The molecule has 1 N–H and O–H groups in total. The predicted molar refractivity (Wildman–Crippen MR) is 82.4 cm³/mol. The van der Waals surface area contributed by atoms with Gasteiger partial charge >= 0.3 is 0 Å². The SMILES string of the molecule is Cc1nc(NC(C)c2ccccc2)nc(-n2cccc2)n1. The van der Waals surface area contributed by atoms with E-state index < -0.39 is 0 Å². The highest BCUT2D eigenvalue weighted by Gasteiger charge is 2.09. The fraction of sp³-hybridized carbons (Fsp3) is 0.188. The first-order chi connectivity index (χ1) is 10.2. The van der Waals surface area contributed by atoms with Crippen LogP contribution in [0.1, 0.15) is 24.4 Å². The third kappa shape index (κ3) is 3.08. The topological polar surface area (TPSA) is 55.6 Å². The van der Waals surface area contributed by atoms with E-state index in [0.29, 0.717) is 17.7 Å². The number of nitrogens with one attached hydrogen (secondary N) is 1. The van der Waals surface area contributed by atoms with E-state index in [1.54, 1.807) is 0 Å². The van der Waals surface area contributed by atoms with Crippen molar-refractivity contribution < 1.29 is 0 Å². The van der Waals surface area contributed by atoms with E-state index in [-0.39, 0.29) is 6.04 Å². The van der Waals surface area contributed by atoms with Crippen LogP contribution in [-0.4, -0.2) is 19.5 Å². The van der Waals surface area contributed by atoms with Crippen LogP contribution < -0.4 is 5.32 Å². The number of aryl methyl sites for hydroxylation is 1. The van der Waals surface area contributed by atoms with Crippen molar-refractivity contribution in [3.05, 3.63) is 66.2 Å². The maximum Gasteiger partial charge on any atom is 0.238 e. The van der Waals surface area contributed by atoms with Gasteiger partial charge < -0.3 is 5.32 Å². The minimum absolute atomic E-state index is 0.130. The number of hydrogen-bond acceptors (Lipinski definition) is 4. The molecule has 0 aliphatic rings. The van der Waals surface area contributed by atoms with Gasteiger partial charge in [0.1, 0.15) is 5.82 Å². The molecule has 3 rings (SSSR count). The lowest BCUT2D eigenvalue weighted by atomic mass is 10.1. The lowest BCUT2D eigenvalue weighted by Gasteiger charge is -2.15.